The lowest BCUT2D eigenvalue weighted by Crippen LogP contribution is -1.96. The molecule has 0 amide bonds. The van der Waals surface area contributed by atoms with Crippen LogP contribution in [0.4, 0.5) is 0 Å². The first-order valence-electron chi connectivity index (χ1n) is 3.26. The Balaban J connectivity index is 2.72. The van der Waals surface area contributed by atoms with Crippen molar-refractivity contribution in [3.8, 4) is 0 Å². The Morgan fingerprint density at radius 1 is 1.62 bits per heavy atom. The molecule has 0 aliphatic carbocycles. The molecule has 0 saturated heterocycles. The smallest absolute Gasteiger partial charge is 0.404 e. The largest absolute Gasteiger partial charge is 0.644 e. The summed E-state index contributed by atoms with van der Waals surface area (Å²) in [5, 5.41) is 1.38. The quantitative estimate of drug-likeness (QED) is 0.409. The van der Waals surface area contributed by atoms with Gasteiger partial charge in [-0.25, -0.2) is 0 Å². The molecule has 0 atom stereocenters. The third-order valence-corrected chi connectivity index (χ3v) is 3.46. The molecule has 0 rings (SSSR count). The Kier molecular flexibility index (Phi) is 6.94. The first-order valence-corrected chi connectivity index (χ1v) is 5.65. The fourth-order valence-corrected chi connectivity index (χ4v) is 2.77. The lowest BCUT2D eigenvalue weighted by atomic mass is 10.2. The van der Waals surface area contributed by atoms with Crippen LogP contribution >= 0.6 is 0 Å². The van der Waals surface area contributed by atoms with Crippen LogP contribution in [0.15, 0.2) is 0 Å². The minimum Gasteiger partial charge on any atom is -0.644 e. The van der Waals surface area contributed by atoms with Crippen LogP contribution in [-0.4, -0.2) is 32.2 Å². The van der Waals surface area contributed by atoms with Gasteiger partial charge in [-0.3, -0.25) is 0 Å². The molecule has 3 heteroatoms. The molecule has 0 saturated carbocycles. The van der Waals surface area contributed by atoms with Gasteiger partial charge in [0.05, 0.1) is 0 Å². The maximum absolute atomic E-state index is 5.17. The minimum atomic E-state index is -0.0594. The van der Waals surface area contributed by atoms with E-state index in [-0.39, 0.29) is 15.6 Å². The number of hydrogen-bond acceptors (Lipinski definition) is 1. The monoisotopic (exact) mass is 144 g/mol. The molecule has 0 unspecified atom stereocenters. The Morgan fingerprint density at radius 2 is 2.25 bits per heavy atom. The Hall–Kier alpha value is 1.02. The van der Waals surface area contributed by atoms with E-state index in [0.717, 1.165) is 22.5 Å². The molecule has 1 nitrogen and oxygen atoms in total. The van der Waals surface area contributed by atoms with Gasteiger partial charge >= 0.3 is 32.2 Å². The van der Waals surface area contributed by atoms with Crippen LogP contribution in [0.3, 0.4) is 0 Å². The molecule has 0 bridgehead atoms. The van der Waals surface area contributed by atoms with Crippen molar-refractivity contribution in [1.29, 1.82) is 0 Å². The predicted molar refractivity (Wildman–Crippen MR) is 41.0 cm³/mol. The first-order chi connectivity index (χ1) is 3.77. The van der Waals surface area contributed by atoms with E-state index < -0.39 is 0 Å². The van der Waals surface area contributed by atoms with E-state index in [0.29, 0.717) is 0 Å². The lowest BCUT2D eigenvalue weighted by molar-refractivity contribution is 0.594. The summed E-state index contributed by atoms with van der Waals surface area (Å²) >= 11 is 0.901. The topological polar surface area (TPSA) is 9.23 Å². The van der Waals surface area contributed by atoms with Gasteiger partial charge < -0.3 is 2.84 Å². The van der Waals surface area contributed by atoms with Crippen molar-refractivity contribution in [2.75, 3.05) is 0 Å². The summed E-state index contributed by atoms with van der Waals surface area (Å²) in [7, 11) is 0. The zero-order valence-corrected chi connectivity index (χ0v) is 9.52. The minimum absolute atomic E-state index is 0.0594. The van der Waals surface area contributed by atoms with Crippen LogP contribution in [0, 0.1) is 5.92 Å². The van der Waals surface area contributed by atoms with Gasteiger partial charge in [0, 0.05) is 0 Å². The molecule has 0 aliphatic heterocycles. The third kappa shape index (κ3) is 7.02. The van der Waals surface area contributed by atoms with Crippen molar-refractivity contribution in [3.63, 3.8) is 0 Å². The second-order valence-corrected chi connectivity index (χ2v) is 5.95. The van der Waals surface area contributed by atoms with Crippen LogP contribution in [0.1, 0.15) is 20.3 Å². The van der Waals surface area contributed by atoms with Crippen molar-refractivity contribution in [2.24, 2.45) is 5.92 Å². The second kappa shape index (κ2) is 6.15. The summed E-state index contributed by atoms with van der Waals surface area (Å²) in [6.45, 7) is 4.53. The summed E-state index contributed by atoms with van der Waals surface area (Å²) in [6.07, 6.45) is 1.37. The Morgan fingerprint density at radius 3 is 2.62 bits per heavy atom. The number of hydrogen-bond donors (Lipinski definition) is 0. The van der Waals surface area contributed by atoms with Gasteiger partial charge in [0.25, 0.3) is 0 Å². The predicted octanol–water partition coefficient (Wildman–Crippen LogP) is 0.367. The molecule has 0 radical (unpaired) electrons. The summed E-state index contributed by atoms with van der Waals surface area (Å²) in [4.78, 5) is 0. The highest BCUT2D eigenvalue weighted by Crippen LogP contribution is 2.02. The van der Waals surface area contributed by atoms with Crippen molar-refractivity contribution in [3.05, 3.63) is 0 Å². The van der Waals surface area contributed by atoms with E-state index in [1.54, 1.807) is 0 Å². The molecule has 0 aliphatic rings. The van der Waals surface area contributed by atoms with E-state index in [4.69, 9.17) is 2.84 Å². The highest BCUT2D eigenvalue weighted by molar-refractivity contribution is 6.34. The van der Waals surface area contributed by atoms with E-state index in [9.17, 15) is 0 Å². The van der Waals surface area contributed by atoms with Gasteiger partial charge in [0.15, 0.2) is 0 Å². The van der Waals surface area contributed by atoms with E-state index in [1.165, 1.54) is 11.7 Å². The molecule has 46 valence electrons. The number of rotatable bonds is 4. The lowest BCUT2D eigenvalue weighted by Gasteiger charge is -2.00. The molecule has 0 fully saturated rings. The summed E-state index contributed by atoms with van der Waals surface area (Å²) in [5.41, 5.74) is 0. The van der Waals surface area contributed by atoms with E-state index in [2.05, 4.69) is 13.8 Å². The highest BCUT2D eigenvalue weighted by Gasteiger charge is 1.94. The summed E-state index contributed by atoms with van der Waals surface area (Å²) < 4.78 is 5.17. The molecule has 0 N–H and O–H groups in total. The fourth-order valence-electron chi connectivity index (χ4n) is 0.636. The third-order valence-electron chi connectivity index (χ3n) is 1.13. The van der Waals surface area contributed by atoms with E-state index >= 15 is 0 Å². The van der Waals surface area contributed by atoms with Crippen LogP contribution in [0.2, 0.25) is 5.28 Å². The van der Waals surface area contributed by atoms with Gasteiger partial charge in [-0.15, -0.1) is 0 Å². The Bertz CT molecular complexity index is 47.7. The maximum atomic E-state index is 5.17. The average molecular weight is 144 g/mol. The molecular weight excluding hydrogens is 130 g/mol. The molecule has 0 aromatic carbocycles. The van der Waals surface area contributed by atoms with Crippen molar-refractivity contribution in [2.45, 2.75) is 25.6 Å². The van der Waals surface area contributed by atoms with Crippen LogP contribution in [0.25, 0.3) is 0 Å². The molecule has 0 heterocycles. The van der Waals surface area contributed by atoms with Crippen molar-refractivity contribution < 1.29 is 2.84 Å². The van der Waals surface area contributed by atoms with Crippen LogP contribution in [0.5, 0.6) is 0 Å². The maximum Gasteiger partial charge on any atom is 0.404 e. The normalized spacial score (nSPS) is 9.88. The Labute approximate surface area is 66.6 Å². The molecule has 0 aromatic heterocycles. The zero-order chi connectivity index (χ0) is 6.41. The molecular formula is C5H14Al2O. The first kappa shape index (κ1) is 9.02. The van der Waals surface area contributed by atoms with Gasteiger partial charge in [-0.1, -0.05) is 25.6 Å². The van der Waals surface area contributed by atoms with Gasteiger partial charge in [-0.05, 0) is 5.92 Å². The fraction of sp³-hybridized carbons (Fsp3) is 1.00. The molecule has 0 aromatic rings. The van der Waals surface area contributed by atoms with E-state index in [1.807, 2.05) is 0 Å². The summed E-state index contributed by atoms with van der Waals surface area (Å²) in [5.74, 6) is 0.874. The standard InChI is InChI=1S/C5H11.2Al.O.3H/c1-4-5(2)3;;;;;;/h5H,1,4H2,2-3H3;;;;;;. The summed E-state index contributed by atoms with van der Waals surface area (Å²) in [6, 6.07) is 0. The zero-order valence-electron chi connectivity index (χ0n) is 6.11. The average Bonchev–Trinajstić information content (AvgIpc) is 1.66. The van der Waals surface area contributed by atoms with Gasteiger partial charge in [0.1, 0.15) is 0 Å². The molecule has 8 heavy (non-hydrogen) atoms. The SMILES string of the molecule is CC(C)C[CH2][AlH][O][AlH2]. The second-order valence-electron chi connectivity index (χ2n) is 2.53. The van der Waals surface area contributed by atoms with Crippen LogP contribution in [-0.2, 0) is 2.84 Å². The van der Waals surface area contributed by atoms with Gasteiger partial charge in [-0.2, -0.15) is 0 Å². The van der Waals surface area contributed by atoms with Crippen molar-refractivity contribution in [1.82, 2.24) is 0 Å². The molecule has 0 spiro atoms. The van der Waals surface area contributed by atoms with Crippen molar-refractivity contribution >= 4 is 32.2 Å². The van der Waals surface area contributed by atoms with Gasteiger partial charge in [0.2, 0.25) is 0 Å². The van der Waals surface area contributed by atoms with Crippen LogP contribution < -0.4 is 0 Å². The highest BCUT2D eigenvalue weighted by atomic mass is 27.2.